The third-order valence-corrected chi connectivity index (χ3v) is 5.46. The van der Waals surface area contributed by atoms with E-state index < -0.39 is 0 Å². The molecule has 0 aliphatic heterocycles. The van der Waals surface area contributed by atoms with Crippen LogP contribution in [0.4, 0.5) is 0 Å². The molecule has 0 saturated heterocycles. The summed E-state index contributed by atoms with van der Waals surface area (Å²) in [5.74, 6) is 0.550. The number of pyridine rings is 1. The van der Waals surface area contributed by atoms with Crippen LogP contribution in [0.3, 0.4) is 0 Å². The van der Waals surface area contributed by atoms with Gasteiger partial charge in [0.05, 0.1) is 16.8 Å². The van der Waals surface area contributed by atoms with Crippen LogP contribution in [0.15, 0.2) is 60.7 Å². The smallest absolute Gasteiger partial charge is 0.252 e. The highest BCUT2D eigenvalue weighted by Crippen LogP contribution is 2.27. The van der Waals surface area contributed by atoms with Gasteiger partial charge >= 0.3 is 0 Å². The fraction of sp³-hybridized carbons (Fsp3) is 0.304. The Balaban J connectivity index is 1.74. The van der Waals surface area contributed by atoms with Crippen LogP contribution in [0.2, 0.25) is 0 Å². The van der Waals surface area contributed by atoms with Crippen molar-refractivity contribution >= 4 is 16.8 Å². The van der Waals surface area contributed by atoms with Crippen molar-refractivity contribution in [3.63, 3.8) is 0 Å². The van der Waals surface area contributed by atoms with Gasteiger partial charge in [-0.3, -0.25) is 4.79 Å². The Morgan fingerprint density at radius 3 is 2.54 bits per heavy atom. The number of carbonyl (C=O) groups is 1. The number of para-hydroxylation sites is 1. The van der Waals surface area contributed by atoms with Gasteiger partial charge in [0, 0.05) is 17.0 Å². The molecule has 1 aliphatic carbocycles. The third-order valence-electron chi connectivity index (χ3n) is 5.46. The summed E-state index contributed by atoms with van der Waals surface area (Å²) in [5, 5.41) is 4.20. The van der Waals surface area contributed by atoms with Crippen LogP contribution in [0.25, 0.3) is 22.2 Å². The SMILES string of the molecule is C[C@H]1CCCC[C@H]1NC(=O)c1cc(-c2ccccc2)nc2ccccc12. The molecule has 3 nitrogen and oxygen atoms in total. The normalized spacial score (nSPS) is 20.0. The number of hydrogen-bond acceptors (Lipinski definition) is 2. The van der Waals surface area contributed by atoms with Crippen LogP contribution >= 0.6 is 0 Å². The Labute approximate surface area is 154 Å². The summed E-state index contributed by atoms with van der Waals surface area (Å²) in [6, 6.07) is 20.1. The summed E-state index contributed by atoms with van der Waals surface area (Å²) in [6.45, 7) is 2.24. The highest BCUT2D eigenvalue weighted by Gasteiger charge is 2.24. The van der Waals surface area contributed by atoms with Gasteiger partial charge in [0.1, 0.15) is 0 Å². The van der Waals surface area contributed by atoms with E-state index >= 15 is 0 Å². The van der Waals surface area contributed by atoms with E-state index in [1.807, 2.05) is 60.7 Å². The number of rotatable bonds is 3. The van der Waals surface area contributed by atoms with Crippen LogP contribution in [0, 0.1) is 5.92 Å². The van der Waals surface area contributed by atoms with E-state index in [0.717, 1.165) is 28.6 Å². The highest BCUT2D eigenvalue weighted by molar-refractivity contribution is 6.07. The lowest BCUT2D eigenvalue weighted by atomic mass is 9.85. The summed E-state index contributed by atoms with van der Waals surface area (Å²) in [4.78, 5) is 17.9. The van der Waals surface area contributed by atoms with Gasteiger partial charge in [-0.05, 0) is 30.9 Å². The zero-order chi connectivity index (χ0) is 17.9. The average molecular weight is 344 g/mol. The van der Waals surface area contributed by atoms with Crippen molar-refractivity contribution in [1.29, 1.82) is 0 Å². The number of benzene rings is 2. The second kappa shape index (κ2) is 7.28. The molecule has 2 aromatic carbocycles. The first-order chi connectivity index (χ1) is 12.7. The van der Waals surface area contributed by atoms with Gasteiger partial charge in [0.15, 0.2) is 0 Å². The number of carbonyl (C=O) groups excluding carboxylic acids is 1. The van der Waals surface area contributed by atoms with E-state index in [9.17, 15) is 4.79 Å². The van der Waals surface area contributed by atoms with E-state index in [2.05, 4.69) is 12.2 Å². The lowest BCUT2D eigenvalue weighted by Gasteiger charge is -2.29. The van der Waals surface area contributed by atoms with Crippen molar-refractivity contribution in [3.05, 3.63) is 66.2 Å². The summed E-state index contributed by atoms with van der Waals surface area (Å²) < 4.78 is 0. The molecule has 26 heavy (non-hydrogen) atoms. The van der Waals surface area contributed by atoms with Crippen LogP contribution in [0.1, 0.15) is 43.0 Å². The van der Waals surface area contributed by atoms with E-state index in [-0.39, 0.29) is 11.9 Å². The lowest BCUT2D eigenvalue weighted by molar-refractivity contribution is 0.0912. The van der Waals surface area contributed by atoms with Gasteiger partial charge in [-0.25, -0.2) is 4.98 Å². The van der Waals surface area contributed by atoms with Gasteiger partial charge in [-0.15, -0.1) is 0 Å². The second-order valence-electron chi connectivity index (χ2n) is 7.28. The minimum Gasteiger partial charge on any atom is -0.349 e. The molecule has 1 heterocycles. The summed E-state index contributed by atoms with van der Waals surface area (Å²) in [7, 11) is 0. The quantitative estimate of drug-likeness (QED) is 0.708. The molecule has 0 bridgehead atoms. The maximum absolute atomic E-state index is 13.1. The zero-order valence-corrected chi connectivity index (χ0v) is 15.1. The Hall–Kier alpha value is -2.68. The van der Waals surface area contributed by atoms with Gasteiger partial charge in [0.25, 0.3) is 5.91 Å². The Kier molecular flexibility index (Phi) is 4.70. The van der Waals surface area contributed by atoms with Crippen LogP contribution < -0.4 is 5.32 Å². The highest BCUT2D eigenvalue weighted by atomic mass is 16.1. The molecule has 4 rings (SSSR count). The molecule has 1 amide bonds. The van der Waals surface area contributed by atoms with E-state index in [4.69, 9.17) is 4.98 Å². The van der Waals surface area contributed by atoms with Crippen LogP contribution in [-0.2, 0) is 0 Å². The first-order valence-electron chi connectivity index (χ1n) is 9.48. The molecule has 0 unspecified atom stereocenters. The second-order valence-corrected chi connectivity index (χ2v) is 7.28. The molecule has 0 spiro atoms. The summed E-state index contributed by atoms with van der Waals surface area (Å²) in [6.07, 6.45) is 4.73. The standard InChI is InChI=1S/C23H24N2O/c1-16-9-5-7-13-20(16)25-23(26)19-15-22(17-10-3-2-4-11-17)24-21-14-8-6-12-18(19)21/h2-4,6,8,10-12,14-16,20H,5,7,9,13H2,1H3,(H,25,26)/t16-,20+/m0/s1. The number of nitrogens with zero attached hydrogens (tertiary/aromatic N) is 1. The topological polar surface area (TPSA) is 42.0 Å². The molecule has 1 aromatic heterocycles. The Bertz CT molecular complexity index is 920. The largest absolute Gasteiger partial charge is 0.349 e. The molecule has 3 heteroatoms. The molecule has 1 N–H and O–H groups in total. The zero-order valence-electron chi connectivity index (χ0n) is 15.1. The van der Waals surface area contributed by atoms with Crippen molar-refractivity contribution in [2.24, 2.45) is 5.92 Å². The number of amides is 1. The van der Waals surface area contributed by atoms with Gasteiger partial charge in [0.2, 0.25) is 0 Å². The summed E-state index contributed by atoms with van der Waals surface area (Å²) >= 11 is 0. The van der Waals surface area contributed by atoms with E-state index in [1.54, 1.807) is 0 Å². The van der Waals surface area contributed by atoms with Crippen molar-refractivity contribution in [3.8, 4) is 11.3 Å². The molecular formula is C23H24N2O. The molecule has 0 radical (unpaired) electrons. The minimum atomic E-state index is 0.0135. The maximum Gasteiger partial charge on any atom is 0.252 e. The van der Waals surface area contributed by atoms with Gasteiger partial charge in [-0.1, -0.05) is 68.3 Å². The first kappa shape index (κ1) is 16.8. The van der Waals surface area contributed by atoms with E-state index in [1.165, 1.54) is 19.3 Å². The lowest BCUT2D eigenvalue weighted by Crippen LogP contribution is -2.41. The van der Waals surface area contributed by atoms with Crippen molar-refractivity contribution < 1.29 is 4.79 Å². The molecule has 1 fully saturated rings. The molecule has 132 valence electrons. The first-order valence-corrected chi connectivity index (χ1v) is 9.48. The van der Waals surface area contributed by atoms with Crippen LogP contribution in [0.5, 0.6) is 0 Å². The number of nitrogens with one attached hydrogen (secondary N) is 1. The molecule has 3 aromatic rings. The van der Waals surface area contributed by atoms with Crippen molar-refractivity contribution in [2.75, 3.05) is 0 Å². The van der Waals surface area contributed by atoms with Gasteiger partial charge in [-0.2, -0.15) is 0 Å². The predicted octanol–water partition coefficient (Wildman–Crippen LogP) is 5.21. The predicted molar refractivity (Wildman–Crippen MR) is 106 cm³/mol. The third kappa shape index (κ3) is 3.34. The Morgan fingerprint density at radius 2 is 1.73 bits per heavy atom. The fourth-order valence-electron chi connectivity index (χ4n) is 3.90. The number of hydrogen-bond donors (Lipinski definition) is 1. The minimum absolute atomic E-state index is 0.0135. The number of fused-ring (bicyclic) bond motifs is 1. The van der Waals surface area contributed by atoms with Crippen LogP contribution in [-0.4, -0.2) is 16.9 Å². The van der Waals surface area contributed by atoms with Crippen molar-refractivity contribution in [2.45, 2.75) is 38.6 Å². The fourth-order valence-corrected chi connectivity index (χ4v) is 3.90. The van der Waals surface area contributed by atoms with E-state index in [0.29, 0.717) is 11.5 Å². The van der Waals surface area contributed by atoms with Crippen molar-refractivity contribution in [1.82, 2.24) is 10.3 Å². The number of aromatic nitrogens is 1. The molecule has 1 saturated carbocycles. The Morgan fingerprint density at radius 1 is 1.00 bits per heavy atom. The van der Waals surface area contributed by atoms with Gasteiger partial charge < -0.3 is 5.32 Å². The average Bonchev–Trinajstić information content (AvgIpc) is 2.69. The molecule has 2 atom stereocenters. The molecule has 1 aliphatic rings. The monoisotopic (exact) mass is 344 g/mol. The summed E-state index contributed by atoms with van der Waals surface area (Å²) in [5.41, 5.74) is 3.44. The molecular weight excluding hydrogens is 320 g/mol. The maximum atomic E-state index is 13.1.